The number of carbonyl (C=O) groups is 1. The third-order valence-electron chi connectivity index (χ3n) is 5.48. The van der Waals surface area contributed by atoms with Crippen LogP contribution in [0.5, 0.6) is 0 Å². The third kappa shape index (κ3) is 2.83. The van der Waals surface area contributed by atoms with Crippen molar-refractivity contribution >= 4 is 5.97 Å². The van der Waals surface area contributed by atoms with Gasteiger partial charge in [-0.05, 0) is 50.1 Å². The van der Waals surface area contributed by atoms with Gasteiger partial charge in [-0.2, -0.15) is 0 Å². The lowest BCUT2D eigenvalue weighted by Crippen LogP contribution is -2.48. The Bertz CT molecular complexity index is 383. The molecule has 0 N–H and O–H groups in total. The fourth-order valence-electron chi connectivity index (χ4n) is 4.03. The Hall–Kier alpha value is -0.710. The first kappa shape index (κ1) is 14.2. The second kappa shape index (κ2) is 4.93. The Labute approximate surface area is 118 Å². The maximum absolute atomic E-state index is 12.9. The molecule has 2 aliphatic carbocycles. The second-order valence-corrected chi connectivity index (χ2v) is 7.02. The van der Waals surface area contributed by atoms with Crippen LogP contribution >= 0.6 is 0 Å². The lowest BCUT2D eigenvalue weighted by Gasteiger charge is -2.52. The molecule has 3 rings (SSSR count). The molecule has 114 valence electrons. The molecule has 2 saturated carbocycles. The van der Waals surface area contributed by atoms with Crippen molar-refractivity contribution in [3.05, 3.63) is 0 Å². The van der Waals surface area contributed by atoms with Gasteiger partial charge in [0.2, 0.25) is 0 Å². The number of alkyl halides is 2. The summed E-state index contributed by atoms with van der Waals surface area (Å²) in [5, 5.41) is 0. The van der Waals surface area contributed by atoms with E-state index in [2.05, 4.69) is 4.90 Å². The van der Waals surface area contributed by atoms with E-state index in [9.17, 15) is 13.6 Å². The first-order valence-electron chi connectivity index (χ1n) is 7.59. The molecule has 1 atom stereocenters. The minimum atomic E-state index is -2.39. The number of methoxy groups -OCH3 is 1. The highest BCUT2D eigenvalue weighted by molar-refractivity contribution is 5.69. The number of nitrogens with zero attached hydrogens (tertiary/aromatic N) is 1. The molecule has 0 aromatic carbocycles. The summed E-state index contributed by atoms with van der Waals surface area (Å²) >= 11 is 0. The number of piperidine rings is 1. The zero-order chi connectivity index (χ0) is 14.4. The number of rotatable bonds is 4. The van der Waals surface area contributed by atoms with E-state index in [4.69, 9.17) is 4.74 Å². The molecule has 1 spiro atoms. The second-order valence-electron chi connectivity index (χ2n) is 7.02. The Morgan fingerprint density at radius 1 is 1.25 bits per heavy atom. The van der Waals surface area contributed by atoms with Gasteiger partial charge in [0.25, 0.3) is 5.92 Å². The molecule has 5 heteroatoms. The van der Waals surface area contributed by atoms with Crippen molar-refractivity contribution in [2.45, 2.75) is 44.4 Å². The highest BCUT2D eigenvalue weighted by atomic mass is 19.3. The summed E-state index contributed by atoms with van der Waals surface area (Å²) in [6, 6.07) is 0. The summed E-state index contributed by atoms with van der Waals surface area (Å²) in [6.45, 7) is 2.45. The van der Waals surface area contributed by atoms with Crippen LogP contribution in [0.3, 0.4) is 0 Å². The first-order valence-corrected chi connectivity index (χ1v) is 7.59. The molecule has 1 saturated heterocycles. The molecule has 3 nitrogen and oxygen atoms in total. The number of likely N-dealkylation sites (tertiary alicyclic amines) is 1. The van der Waals surface area contributed by atoms with Crippen LogP contribution < -0.4 is 0 Å². The average molecular weight is 287 g/mol. The molecular weight excluding hydrogens is 264 g/mol. The minimum absolute atomic E-state index is 0.0792. The molecule has 20 heavy (non-hydrogen) atoms. The molecule has 1 aliphatic heterocycles. The Kier molecular flexibility index (Phi) is 3.51. The summed E-state index contributed by atoms with van der Waals surface area (Å²) in [5.41, 5.74) is 0.390. The first-order chi connectivity index (χ1) is 9.42. The number of halogens is 2. The van der Waals surface area contributed by atoms with Crippen molar-refractivity contribution < 1.29 is 18.3 Å². The number of ether oxygens (including phenoxy) is 1. The molecule has 1 heterocycles. The smallest absolute Gasteiger partial charge is 0.305 e. The minimum Gasteiger partial charge on any atom is -0.469 e. The van der Waals surface area contributed by atoms with Crippen LogP contribution in [0.2, 0.25) is 0 Å². The predicted molar refractivity (Wildman–Crippen MR) is 70.5 cm³/mol. The maximum atomic E-state index is 12.9. The zero-order valence-corrected chi connectivity index (χ0v) is 12.0. The molecular formula is C15H23F2NO2. The molecule has 0 aromatic heterocycles. The molecule has 0 radical (unpaired) electrons. The lowest BCUT2D eigenvalue weighted by molar-refractivity contribution is -0.144. The van der Waals surface area contributed by atoms with Gasteiger partial charge >= 0.3 is 5.97 Å². The summed E-state index contributed by atoms with van der Waals surface area (Å²) in [7, 11) is 1.43. The van der Waals surface area contributed by atoms with Gasteiger partial charge in [0.15, 0.2) is 0 Å². The van der Waals surface area contributed by atoms with E-state index < -0.39 is 11.8 Å². The van der Waals surface area contributed by atoms with Gasteiger partial charge in [-0.1, -0.05) is 0 Å². The fraction of sp³-hybridized carbons (Fsp3) is 0.933. The standard InChI is InChI=1S/C15H23F2NO2/c1-20-13(19)6-11-7-14(8-11)2-4-18(5-3-14)10-12-9-15(12,16)17/h11-12H,2-10H2,1H3. The quantitative estimate of drug-likeness (QED) is 0.745. The third-order valence-corrected chi connectivity index (χ3v) is 5.48. The largest absolute Gasteiger partial charge is 0.469 e. The zero-order valence-electron chi connectivity index (χ0n) is 12.0. The van der Waals surface area contributed by atoms with E-state index in [1.54, 1.807) is 0 Å². The predicted octanol–water partition coefficient (Wildman–Crippen LogP) is 2.70. The van der Waals surface area contributed by atoms with Gasteiger partial charge in [-0.25, -0.2) is 8.78 Å². The maximum Gasteiger partial charge on any atom is 0.305 e. The Morgan fingerprint density at radius 3 is 2.35 bits per heavy atom. The topological polar surface area (TPSA) is 29.5 Å². The van der Waals surface area contributed by atoms with Crippen LogP contribution in [0.15, 0.2) is 0 Å². The molecule has 0 bridgehead atoms. The normalized spacial score (nSPS) is 31.9. The van der Waals surface area contributed by atoms with Crippen molar-refractivity contribution in [2.75, 3.05) is 26.7 Å². The van der Waals surface area contributed by atoms with Crippen LogP contribution in [0.25, 0.3) is 0 Å². The van der Waals surface area contributed by atoms with Crippen molar-refractivity contribution in [3.63, 3.8) is 0 Å². The summed E-state index contributed by atoms with van der Waals surface area (Å²) in [4.78, 5) is 13.4. The number of esters is 1. The summed E-state index contributed by atoms with van der Waals surface area (Å²) < 4.78 is 30.5. The van der Waals surface area contributed by atoms with E-state index in [1.807, 2.05) is 0 Å². The molecule has 3 fully saturated rings. The lowest BCUT2D eigenvalue weighted by atomic mass is 9.57. The van der Waals surface area contributed by atoms with E-state index in [0.717, 1.165) is 38.8 Å². The summed E-state index contributed by atoms with van der Waals surface area (Å²) in [5.74, 6) is -2.43. The van der Waals surface area contributed by atoms with Gasteiger partial charge in [0, 0.05) is 25.3 Å². The van der Waals surface area contributed by atoms with Crippen LogP contribution in [0, 0.1) is 17.3 Å². The van der Waals surface area contributed by atoms with E-state index in [0.29, 0.717) is 24.3 Å². The van der Waals surface area contributed by atoms with Gasteiger partial charge < -0.3 is 9.64 Å². The number of hydrogen-bond donors (Lipinski definition) is 0. The van der Waals surface area contributed by atoms with Gasteiger partial charge in [0.05, 0.1) is 7.11 Å². The van der Waals surface area contributed by atoms with Crippen LogP contribution in [-0.4, -0.2) is 43.5 Å². The van der Waals surface area contributed by atoms with Crippen molar-refractivity contribution in [2.24, 2.45) is 17.3 Å². The van der Waals surface area contributed by atoms with E-state index in [1.165, 1.54) is 7.11 Å². The van der Waals surface area contributed by atoms with E-state index >= 15 is 0 Å². The molecule has 0 aromatic rings. The van der Waals surface area contributed by atoms with Gasteiger partial charge in [0.1, 0.15) is 0 Å². The van der Waals surface area contributed by atoms with Crippen molar-refractivity contribution in [3.8, 4) is 0 Å². The summed E-state index contributed by atoms with van der Waals surface area (Å²) in [6.07, 6.45) is 5.03. The van der Waals surface area contributed by atoms with Crippen LogP contribution in [0.4, 0.5) is 8.78 Å². The number of hydrogen-bond acceptors (Lipinski definition) is 3. The van der Waals surface area contributed by atoms with Crippen molar-refractivity contribution in [1.29, 1.82) is 0 Å². The highest BCUT2D eigenvalue weighted by Gasteiger charge is 2.57. The highest BCUT2D eigenvalue weighted by Crippen LogP contribution is 2.54. The van der Waals surface area contributed by atoms with Gasteiger partial charge in [-0.15, -0.1) is 0 Å². The Morgan fingerprint density at radius 2 is 1.85 bits per heavy atom. The molecule has 0 amide bonds. The van der Waals surface area contributed by atoms with Crippen LogP contribution in [-0.2, 0) is 9.53 Å². The van der Waals surface area contributed by atoms with Crippen LogP contribution in [0.1, 0.15) is 38.5 Å². The monoisotopic (exact) mass is 287 g/mol. The molecule has 3 aliphatic rings. The van der Waals surface area contributed by atoms with Crippen molar-refractivity contribution in [1.82, 2.24) is 4.90 Å². The fourth-order valence-corrected chi connectivity index (χ4v) is 4.03. The SMILES string of the molecule is COC(=O)CC1CC2(CCN(CC3CC3(F)F)CC2)C1. The van der Waals surface area contributed by atoms with E-state index in [-0.39, 0.29) is 12.4 Å². The number of carbonyl (C=O) groups excluding carboxylic acids is 1. The Balaban J connectivity index is 1.38. The van der Waals surface area contributed by atoms with Gasteiger partial charge in [-0.3, -0.25) is 4.79 Å². The molecule has 1 unspecified atom stereocenters. The average Bonchev–Trinajstić information content (AvgIpc) is 2.97.